The van der Waals surface area contributed by atoms with Crippen LogP contribution in [0.5, 0.6) is 0 Å². The molecule has 3 unspecified atom stereocenters. The van der Waals surface area contributed by atoms with E-state index in [2.05, 4.69) is 19.1 Å². The van der Waals surface area contributed by atoms with Crippen molar-refractivity contribution in [2.75, 3.05) is 6.54 Å². The van der Waals surface area contributed by atoms with Crippen molar-refractivity contribution >= 4 is 11.8 Å². The van der Waals surface area contributed by atoms with E-state index in [0.29, 0.717) is 13.1 Å². The van der Waals surface area contributed by atoms with Crippen LogP contribution in [0.1, 0.15) is 49.6 Å². The number of hydrogen-bond acceptors (Lipinski definition) is 3. The number of hydrogen-bond donors (Lipinski definition) is 0. The molecule has 3 atom stereocenters. The number of amides is 2. The van der Waals surface area contributed by atoms with E-state index >= 15 is 0 Å². The summed E-state index contributed by atoms with van der Waals surface area (Å²) in [6, 6.07) is 17.9. The van der Waals surface area contributed by atoms with Crippen LogP contribution in [-0.2, 0) is 29.7 Å². The minimum Gasteiger partial charge on any atom is -0.467 e. The van der Waals surface area contributed by atoms with Gasteiger partial charge in [-0.25, -0.2) is 0 Å². The lowest BCUT2D eigenvalue weighted by molar-refractivity contribution is -0.144. The van der Waals surface area contributed by atoms with Gasteiger partial charge in [0.15, 0.2) is 0 Å². The molecule has 0 spiro atoms. The molecule has 3 aromatic rings. The molecule has 0 aliphatic heterocycles. The van der Waals surface area contributed by atoms with Crippen molar-refractivity contribution in [1.29, 1.82) is 0 Å². The monoisotopic (exact) mass is 447 g/mol. The minimum absolute atomic E-state index is 0.000951. The van der Waals surface area contributed by atoms with Gasteiger partial charge >= 0.3 is 0 Å². The van der Waals surface area contributed by atoms with Crippen molar-refractivity contribution in [2.45, 2.75) is 51.7 Å². The van der Waals surface area contributed by atoms with Crippen LogP contribution in [0.4, 0.5) is 0 Å². The Bertz CT molecular complexity index is 1060. The van der Waals surface area contributed by atoms with Gasteiger partial charge < -0.3 is 18.8 Å². The SMILES string of the molecule is CCC(C)N(CC(=O)N(Cc1ccco1)Cc1cccn1C)C(=O)C1CC1c1ccccc1. The Balaban J connectivity index is 1.49. The van der Waals surface area contributed by atoms with Crippen molar-refractivity contribution in [3.8, 4) is 0 Å². The van der Waals surface area contributed by atoms with E-state index in [4.69, 9.17) is 4.42 Å². The molecule has 1 saturated carbocycles. The predicted octanol–water partition coefficient (Wildman–Crippen LogP) is 4.58. The molecule has 2 aromatic heterocycles. The highest BCUT2D eigenvalue weighted by Crippen LogP contribution is 2.48. The normalized spacial score (nSPS) is 18.0. The lowest BCUT2D eigenvalue weighted by Crippen LogP contribution is -2.47. The van der Waals surface area contributed by atoms with E-state index in [1.165, 1.54) is 5.56 Å². The number of benzene rings is 1. The molecule has 1 aromatic carbocycles. The Hall–Kier alpha value is -3.28. The molecule has 1 fully saturated rings. The second-order valence-electron chi connectivity index (χ2n) is 9.02. The zero-order valence-corrected chi connectivity index (χ0v) is 19.7. The molecule has 6 nitrogen and oxygen atoms in total. The van der Waals surface area contributed by atoms with Gasteiger partial charge in [-0.15, -0.1) is 0 Å². The lowest BCUT2D eigenvalue weighted by atomic mass is 10.1. The lowest BCUT2D eigenvalue weighted by Gasteiger charge is -2.31. The molecule has 4 rings (SSSR count). The summed E-state index contributed by atoms with van der Waals surface area (Å²) in [5.74, 6) is 0.954. The number of carbonyl (C=O) groups excluding carboxylic acids is 2. The largest absolute Gasteiger partial charge is 0.467 e. The van der Waals surface area contributed by atoms with Gasteiger partial charge in [0.25, 0.3) is 0 Å². The van der Waals surface area contributed by atoms with E-state index in [-0.39, 0.29) is 36.2 Å². The van der Waals surface area contributed by atoms with Crippen molar-refractivity contribution in [1.82, 2.24) is 14.4 Å². The summed E-state index contributed by atoms with van der Waals surface area (Å²) >= 11 is 0. The van der Waals surface area contributed by atoms with Gasteiger partial charge in [-0.3, -0.25) is 9.59 Å². The van der Waals surface area contributed by atoms with Crippen LogP contribution in [0.25, 0.3) is 0 Å². The summed E-state index contributed by atoms with van der Waals surface area (Å²) in [5, 5.41) is 0. The van der Waals surface area contributed by atoms with E-state index < -0.39 is 0 Å². The highest BCUT2D eigenvalue weighted by molar-refractivity contribution is 5.88. The fraction of sp³-hybridized carbons (Fsp3) is 0.407. The highest BCUT2D eigenvalue weighted by atomic mass is 16.3. The van der Waals surface area contributed by atoms with Crippen molar-refractivity contribution in [3.05, 3.63) is 84.1 Å². The van der Waals surface area contributed by atoms with Gasteiger partial charge in [0.05, 0.1) is 19.4 Å². The first-order valence-electron chi connectivity index (χ1n) is 11.7. The maximum atomic E-state index is 13.5. The van der Waals surface area contributed by atoms with Crippen LogP contribution in [0, 0.1) is 5.92 Å². The fourth-order valence-corrected chi connectivity index (χ4v) is 4.35. The van der Waals surface area contributed by atoms with Gasteiger partial charge in [-0.1, -0.05) is 37.3 Å². The van der Waals surface area contributed by atoms with Crippen LogP contribution in [0.3, 0.4) is 0 Å². The number of aryl methyl sites for hydroxylation is 1. The van der Waals surface area contributed by atoms with E-state index in [1.807, 2.05) is 67.2 Å². The molecule has 1 aliphatic carbocycles. The zero-order valence-electron chi connectivity index (χ0n) is 19.7. The number of nitrogens with zero attached hydrogens (tertiary/aromatic N) is 3. The average Bonchev–Trinajstić information content (AvgIpc) is 3.28. The molecule has 0 saturated heterocycles. The van der Waals surface area contributed by atoms with Crippen LogP contribution in [0.2, 0.25) is 0 Å². The molecule has 2 amide bonds. The standard InChI is InChI=1S/C27H33N3O3/c1-4-20(2)30(27(32)25-16-24(25)21-10-6-5-7-11-21)19-26(31)29(18-23-13-9-15-33-23)17-22-12-8-14-28(22)3/h5-15,20,24-25H,4,16-19H2,1-3H3. The van der Waals surface area contributed by atoms with Gasteiger partial charge in [0.1, 0.15) is 12.3 Å². The summed E-state index contributed by atoms with van der Waals surface area (Å²) in [5.41, 5.74) is 2.23. The Morgan fingerprint density at radius 3 is 2.52 bits per heavy atom. The summed E-state index contributed by atoms with van der Waals surface area (Å²) in [6.45, 7) is 5.00. The van der Waals surface area contributed by atoms with Crippen LogP contribution in [-0.4, -0.2) is 38.8 Å². The maximum Gasteiger partial charge on any atom is 0.242 e. The average molecular weight is 448 g/mol. The first-order valence-corrected chi connectivity index (χ1v) is 11.7. The number of rotatable bonds is 10. The van der Waals surface area contributed by atoms with E-state index in [1.54, 1.807) is 16.1 Å². The van der Waals surface area contributed by atoms with Gasteiger partial charge in [-0.05, 0) is 55.5 Å². The van der Waals surface area contributed by atoms with Crippen LogP contribution < -0.4 is 0 Å². The van der Waals surface area contributed by atoms with Crippen LogP contribution in [0.15, 0.2) is 71.5 Å². The van der Waals surface area contributed by atoms with Gasteiger partial charge in [0, 0.05) is 30.9 Å². The first-order chi connectivity index (χ1) is 16.0. The van der Waals surface area contributed by atoms with Crippen molar-refractivity contribution in [2.24, 2.45) is 13.0 Å². The second-order valence-corrected chi connectivity index (χ2v) is 9.02. The van der Waals surface area contributed by atoms with Crippen molar-refractivity contribution in [3.63, 3.8) is 0 Å². The highest BCUT2D eigenvalue weighted by Gasteiger charge is 2.46. The molecule has 6 heteroatoms. The molecular formula is C27H33N3O3. The van der Waals surface area contributed by atoms with Crippen LogP contribution >= 0.6 is 0 Å². The fourth-order valence-electron chi connectivity index (χ4n) is 4.35. The quantitative estimate of drug-likeness (QED) is 0.457. The molecular weight excluding hydrogens is 414 g/mol. The Morgan fingerprint density at radius 1 is 1.09 bits per heavy atom. The first kappa shape index (κ1) is 22.9. The summed E-state index contributed by atoms with van der Waals surface area (Å²) in [6.07, 6.45) is 5.24. The topological polar surface area (TPSA) is 58.7 Å². The summed E-state index contributed by atoms with van der Waals surface area (Å²) in [7, 11) is 1.97. The molecule has 0 radical (unpaired) electrons. The third-order valence-corrected chi connectivity index (χ3v) is 6.73. The van der Waals surface area contributed by atoms with E-state index in [9.17, 15) is 9.59 Å². The Labute approximate surface area is 195 Å². The molecule has 1 aliphatic rings. The molecule has 174 valence electrons. The second kappa shape index (κ2) is 10.1. The third-order valence-electron chi connectivity index (χ3n) is 6.73. The maximum absolute atomic E-state index is 13.5. The smallest absolute Gasteiger partial charge is 0.242 e. The summed E-state index contributed by atoms with van der Waals surface area (Å²) in [4.78, 5) is 30.6. The number of furan rings is 1. The zero-order chi connectivity index (χ0) is 23.4. The molecule has 2 heterocycles. The number of carbonyl (C=O) groups is 2. The van der Waals surface area contributed by atoms with E-state index in [0.717, 1.165) is 24.3 Å². The molecule has 0 bridgehead atoms. The molecule has 33 heavy (non-hydrogen) atoms. The Morgan fingerprint density at radius 2 is 1.88 bits per heavy atom. The summed E-state index contributed by atoms with van der Waals surface area (Å²) < 4.78 is 7.52. The molecule has 0 N–H and O–H groups in total. The Kier molecular flexibility index (Phi) is 7.02. The predicted molar refractivity (Wildman–Crippen MR) is 127 cm³/mol. The van der Waals surface area contributed by atoms with Gasteiger partial charge in [0.2, 0.25) is 11.8 Å². The number of aromatic nitrogens is 1. The van der Waals surface area contributed by atoms with Gasteiger partial charge in [-0.2, -0.15) is 0 Å². The third kappa shape index (κ3) is 5.38. The van der Waals surface area contributed by atoms with Crippen molar-refractivity contribution < 1.29 is 14.0 Å². The minimum atomic E-state index is -0.0711.